The smallest absolute Gasteiger partial charge is 0.303 e. The predicted molar refractivity (Wildman–Crippen MR) is 55.1 cm³/mol. The molecule has 0 N–H and O–H groups in total. The Balaban J connectivity index is 2.52. The largest absolute Gasteiger partial charge is 0.449 e. The van der Waals surface area contributed by atoms with E-state index in [2.05, 4.69) is 4.90 Å². The minimum absolute atomic E-state index is 0.378. The number of rotatable bonds is 4. The van der Waals surface area contributed by atoms with Crippen molar-refractivity contribution in [1.82, 2.24) is 4.90 Å². The zero-order chi connectivity index (χ0) is 12.4. The van der Waals surface area contributed by atoms with Crippen molar-refractivity contribution >= 4 is 5.78 Å². The van der Waals surface area contributed by atoms with E-state index in [1.807, 2.05) is 6.92 Å². The molecule has 1 heterocycles. The molecule has 16 heavy (non-hydrogen) atoms. The van der Waals surface area contributed by atoms with Crippen LogP contribution in [0.25, 0.3) is 0 Å². The average molecular weight is 237 g/mol. The van der Waals surface area contributed by atoms with Gasteiger partial charge in [-0.3, -0.25) is 4.79 Å². The lowest BCUT2D eigenvalue weighted by molar-refractivity contribution is -0.173. The van der Waals surface area contributed by atoms with Crippen LogP contribution >= 0.6 is 0 Å². The Morgan fingerprint density at radius 1 is 1.44 bits per heavy atom. The lowest BCUT2D eigenvalue weighted by Crippen LogP contribution is -2.32. The summed E-state index contributed by atoms with van der Waals surface area (Å²) in [6.45, 7) is 6.11. The van der Waals surface area contributed by atoms with E-state index < -0.39 is 17.4 Å². The maximum atomic E-state index is 12.2. The summed E-state index contributed by atoms with van der Waals surface area (Å²) in [6.07, 6.45) is -3.39. The van der Waals surface area contributed by atoms with Crippen LogP contribution in [0.15, 0.2) is 0 Å². The number of carbonyl (C=O) groups is 1. The molecular weight excluding hydrogens is 219 g/mol. The highest BCUT2D eigenvalue weighted by molar-refractivity contribution is 5.84. The van der Waals surface area contributed by atoms with Gasteiger partial charge in [0.15, 0.2) is 0 Å². The number of hydrogen-bond acceptors (Lipinski definition) is 2. The van der Waals surface area contributed by atoms with E-state index in [9.17, 15) is 18.0 Å². The number of carbonyl (C=O) groups excluding carboxylic acids is 1. The third kappa shape index (κ3) is 3.47. The van der Waals surface area contributed by atoms with Crippen molar-refractivity contribution in [2.24, 2.45) is 5.41 Å². The molecule has 94 valence electrons. The number of ketones is 1. The van der Waals surface area contributed by atoms with Gasteiger partial charge in [0.25, 0.3) is 0 Å². The minimum atomic E-state index is -4.68. The lowest BCUT2D eigenvalue weighted by atomic mass is 9.84. The zero-order valence-electron chi connectivity index (χ0n) is 9.73. The third-order valence-electron chi connectivity index (χ3n) is 3.08. The number of hydrogen-bond donors (Lipinski definition) is 0. The molecule has 0 amide bonds. The van der Waals surface area contributed by atoms with Crippen LogP contribution in [0.4, 0.5) is 13.2 Å². The van der Waals surface area contributed by atoms with Crippen molar-refractivity contribution in [2.75, 3.05) is 19.6 Å². The lowest BCUT2D eigenvalue weighted by Gasteiger charge is -2.24. The van der Waals surface area contributed by atoms with Crippen LogP contribution in [-0.4, -0.2) is 36.5 Å². The molecular formula is C11H18F3NO. The van der Waals surface area contributed by atoms with Gasteiger partial charge in [-0.2, -0.15) is 13.2 Å². The summed E-state index contributed by atoms with van der Waals surface area (Å²) < 4.78 is 36.5. The molecule has 0 radical (unpaired) electrons. The van der Waals surface area contributed by atoms with Crippen LogP contribution in [0.2, 0.25) is 0 Å². The van der Waals surface area contributed by atoms with E-state index in [-0.39, 0.29) is 6.42 Å². The summed E-state index contributed by atoms with van der Waals surface area (Å²) in [7, 11) is 0. The summed E-state index contributed by atoms with van der Waals surface area (Å²) in [4.78, 5) is 13.1. The predicted octanol–water partition coefficient (Wildman–Crippen LogP) is 2.63. The van der Waals surface area contributed by atoms with Gasteiger partial charge < -0.3 is 4.90 Å². The molecule has 1 unspecified atom stereocenters. The molecule has 0 spiro atoms. The van der Waals surface area contributed by atoms with E-state index in [1.165, 1.54) is 0 Å². The molecule has 0 aromatic heterocycles. The van der Waals surface area contributed by atoms with Gasteiger partial charge in [-0.25, -0.2) is 0 Å². The minimum Gasteiger partial charge on any atom is -0.303 e. The van der Waals surface area contributed by atoms with Crippen LogP contribution < -0.4 is 0 Å². The molecule has 1 atom stereocenters. The van der Waals surface area contributed by atoms with Gasteiger partial charge in [0.1, 0.15) is 0 Å². The van der Waals surface area contributed by atoms with Gasteiger partial charge in [0.05, 0.1) is 0 Å². The van der Waals surface area contributed by atoms with Crippen LogP contribution in [0.1, 0.15) is 33.1 Å². The number of likely N-dealkylation sites (tertiary alicyclic amines) is 1. The molecule has 5 heteroatoms. The summed E-state index contributed by atoms with van der Waals surface area (Å²) in [5.41, 5.74) is -0.498. The number of alkyl halides is 3. The summed E-state index contributed by atoms with van der Waals surface area (Å²) in [5.74, 6) is -1.59. The molecule has 0 aromatic carbocycles. The molecule has 1 saturated heterocycles. The van der Waals surface area contributed by atoms with Crippen molar-refractivity contribution in [3.63, 3.8) is 0 Å². The number of nitrogens with zero attached hydrogens (tertiary/aromatic N) is 1. The number of Topliss-reactive ketones (excluding diaryl/α,β-unsaturated/α-hetero) is 1. The highest BCUT2D eigenvalue weighted by Crippen LogP contribution is 2.36. The van der Waals surface area contributed by atoms with Crippen molar-refractivity contribution in [3.8, 4) is 0 Å². The Bertz CT molecular complexity index is 264. The fourth-order valence-corrected chi connectivity index (χ4v) is 2.27. The quantitative estimate of drug-likeness (QED) is 0.749. The molecule has 1 rings (SSSR count). The Morgan fingerprint density at radius 3 is 2.56 bits per heavy atom. The highest BCUT2D eigenvalue weighted by atomic mass is 19.4. The second-order valence-corrected chi connectivity index (χ2v) is 4.93. The molecule has 2 nitrogen and oxygen atoms in total. The maximum Gasteiger partial charge on any atom is 0.449 e. The first-order valence-corrected chi connectivity index (χ1v) is 5.59. The molecule has 0 aliphatic carbocycles. The van der Waals surface area contributed by atoms with E-state index in [4.69, 9.17) is 0 Å². The second kappa shape index (κ2) is 4.73. The average Bonchev–Trinajstić information content (AvgIpc) is 2.46. The Kier molecular flexibility index (Phi) is 3.99. The fraction of sp³-hybridized carbons (Fsp3) is 0.909. The summed E-state index contributed by atoms with van der Waals surface area (Å²) in [5, 5.41) is 0. The molecule has 0 aromatic rings. The highest BCUT2D eigenvalue weighted by Gasteiger charge is 2.44. The van der Waals surface area contributed by atoms with Gasteiger partial charge in [-0.15, -0.1) is 0 Å². The third-order valence-corrected chi connectivity index (χ3v) is 3.08. The molecule has 0 bridgehead atoms. The van der Waals surface area contributed by atoms with Gasteiger partial charge in [0.2, 0.25) is 5.78 Å². The van der Waals surface area contributed by atoms with Gasteiger partial charge in [-0.1, -0.05) is 13.8 Å². The van der Waals surface area contributed by atoms with Crippen molar-refractivity contribution in [1.29, 1.82) is 0 Å². The SMILES string of the molecule is CCCN1CCC(C)(CC(=O)C(F)(F)F)C1. The molecule has 1 aliphatic rings. The zero-order valence-corrected chi connectivity index (χ0v) is 9.73. The second-order valence-electron chi connectivity index (χ2n) is 4.93. The monoisotopic (exact) mass is 237 g/mol. The van der Waals surface area contributed by atoms with Crippen LogP contribution in [0.5, 0.6) is 0 Å². The van der Waals surface area contributed by atoms with Crippen molar-refractivity contribution in [2.45, 2.75) is 39.3 Å². The topological polar surface area (TPSA) is 20.3 Å². The van der Waals surface area contributed by atoms with E-state index in [1.54, 1.807) is 6.92 Å². The summed E-state index contributed by atoms with van der Waals surface area (Å²) in [6, 6.07) is 0. The normalized spacial score (nSPS) is 27.3. The van der Waals surface area contributed by atoms with Gasteiger partial charge in [0, 0.05) is 13.0 Å². The standard InChI is InChI=1S/C11H18F3NO/c1-3-5-15-6-4-10(2,8-15)7-9(16)11(12,13)14/h3-8H2,1-2H3. The van der Waals surface area contributed by atoms with Crippen molar-refractivity contribution in [3.05, 3.63) is 0 Å². The summed E-state index contributed by atoms with van der Waals surface area (Å²) >= 11 is 0. The first-order chi connectivity index (χ1) is 7.27. The molecule has 1 fully saturated rings. The molecule has 0 saturated carbocycles. The Hall–Kier alpha value is -0.580. The van der Waals surface area contributed by atoms with E-state index in [0.29, 0.717) is 13.0 Å². The van der Waals surface area contributed by atoms with Crippen molar-refractivity contribution < 1.29 is 18.0 Å². The first kappa shape index (κ1) is 13.5. The first-order valence-electron chi connectivity index (χ1n) is 5.59. The van der Waals surface area contributed by atoms with Crippen LogP contribution in [0, 0.1) is 5.41 Å². The van der Waals surface area contributed by atoms with E-state index in [0.717, 1.165) is 19.5 Å². The fourth-order valence-electron chi connectivity index (χ4n) is 2.27. The Labute approximate surface area is 93.8 Å². The van der Waals surface area contributed by atoms with Gasteiger partial charge >= 0.3 is 6.18 Å². The molecule has 1 aliphatic heterocycles. The van der Waals surface area contributed by atoms with Crippen LogP contribution in [-0.2, 0) is 4.79 Å². The van der Waals surface area contributed by atoms with E-state index >= 15 is 0 Å². The maximum absolute atomic E-state index is 12.2. The Morgan fingerprint density at radius 2 is 2.06 bits per heavy atom. The number of halogens is 3. The van der Waals surface area contributed by atoms with Gasteiger partial charge in [-0.05, 0) is 31.3 Å². The van der Waals surface area contributed by atoms with Crippen LogP contribution in [0.3, 0.4) is 0 Å².